The first kappa shape index (κ1) is 30.8. The molecule has 2 aromatic carbocycles. The summed E-state index contributed by atoms with van der Waals surface area (Å²) in [6, 6.07) is 15.9. The van der Waals surface area contributed by atoms with Crippen LogP contribution < -0.4 is 15.6 Å². The third kappa shape index (κ3) is 6.61. The lowest BCUT2D eigenvalue weighted by Gasteiger charge is -2.24. The largest absolute Gasteiger partial charge is 0.444 e. The summed E-state index contributed by atoms with van der Waals surface area (Å²) in [5, 5.41) is 5.99. The minimum Gasteiger partial charge on any atom is -0.444 e. The van der Waals surface area contributed by atoms with Crippen LogP contribution in [-0.2, 0) is 9.53 Å². The van der Waals surface area contributed by atoms with Gasteiger partial charge in [-0.3, -0.25) is 9.89 Å². The van der Waals surface area contributed by atoms with Gasteiger partial charge in [0.2, 0.25) is 0 Å². The fourth-order valence-electron chi connectivity index (χ4n) is 5.60. The molecule has 2 heterocycles. The molecule has 0 aliphatic heterocycles. The number of carbonyl (C=O) groups is 2. The molecule has 1 aliphatic carbocycles. The van der Waals surface area contributed by atoms with Gasteiger partial charge in [-0.15, -0.1) is 0 Å². The van der Waals surface area contributed by atoms with Crippen molar-refractivity contribution in [2.75, 3.05) is 0 Å². The van der Waals surface area contributed by atoms with Crippen molar-refractivity contribution >= 4 is 17.7 Å². The van der Waals surface area contributed by atoms with Crippen LogP contribution in [0.3, 0.4) is 0 Å². The highest BCUT2D eigenvalue weighted by atomic mass is 16.6. The van der Waals surface area contributed by atoms with Crippen molar-refractivity contribution in [1.29, 1.82) is 0 Å². The third-order valence-corrected chi connectivity index (χ3v) is 7.69. The van der Waals surface area contributed by atoms with E-state index in [0.717, 1.165) is 36.1 Å². The molecule has 0 bridgehead atoms. The predicted octanol–water partition coefficient (Wildman–Crippen LogP) is 6.94. The quantitative estimate of drug-likeness (QED) is 0.136. The standard InChI is InChI=1S/C35H40N4O5/c1-21(2)29(37-34(42)44-35(4,5)6)33(41)43-26-19-17-24(18-20-26)27-22(3)36-31-28(23-13-9-7-10-14-23)30(38-39(31)32(27)40)25-15-11-8-12-16-25/h7-9,11-12,15-21,23,29,38H,10,13-14H2,1-6H3,(H,37,42). The van der Waals surface area contributed by atoms with Crippen LogP contribution in [0.2, 0.25) is 0 Å². The number of aryl methyl sites for hydroxylation is 1. The van der Waals surface area contributed by atoms with Crippen LogP contribution in [0.25, 0.3) is 28.0 Å². The molecule has 1 aliphatic rings. The van der Waals surface area contributed by atoms with E-state index in [4.69, 9.17) is 14.5 Å². The van der Waals surface area contributed by atoms with E-state index in [1.807, 2.05) is 51.1 Å². The van der Waals surface area contributed by atoms with E-state index >= 15 is 0 Å². The minimum absolute atomic E-state index is 0.201. The van der Waals surface area contributed by atoms with Crippen molar-refractivity contribution < 1.29 is 19.1 Å². The van der Waals surface area contributed by atoms with Crippen molar-refractivity contribution in [2.45, 2.75) is 78.4 Å². The zero-order chi connectivity index (χ0) is 31.6. The van der Waals surface area contributed by atoms with Crippen LogP contribution in [0.4, 0.5) is 4.79 Å². The molecule has 4 aromatic rings. The minimum atomic E-state index is -0.899. The molecule has 2 aromatic heterocycles. The highest BCUT2D eigenvalue weighted by Crippen LogP contribution is 2.38. The van der Waals surface area contributed by atoms with Crippen molar-refractivity contribution in [3.05, 3.63) is 88.4 Å². The Hall–Kier alpha value is -4.66. The van der Waals surface area contributed by atoms with E-state index in [0.29, 0.717) is 28.2 Å². The summed E-state index contributed by atoms with van der Waals surface area (Å²) in [5.41, 5.74) is 4.47. The van der Waals surface area contributed by atoms with Crippen molar-refractivity contribution in [3.8, 4) is 28.1 Å². The Kier molecular flexibility index (Phi) is 8.76. The van der Waals surface area contributed by atoms with Crippen LogP contribution in [0, 0.1) is 12.8 Å². The number of hydrogen-bond donors (Lipinski definition) is 2. The highest BCUT2D eigenvalue weighted by Gasteiger charge is 2.29. The SMILES string of the molecule is Cc1nc2c(C3CC=CCC3)c(-c3ccccc3)[nH]n2c(=O)c1-c1ccc(OC(=O)C(NC(=O)OC(C)(C)C)C(C)C)cc1. The number of H-pyrrole nitrogens is 1. The lowest BCUT2D eigenvalue weighted by Crippen LogP contribution is -2.48. The molecule has 0 saturated carbocycles. The molecule has 0 spiro atoms. The summed E-state index contributed by atoms with van der Waals surface area (Å²) in [6.45, 7) is 10.7. The third-order valence-electron chi connectivity index (χ3n) is 7.69. The number of rotatable bonds is 7. The Morgan fingerprint density at radius 2 is 1.73 bits per heavy atom. The summed E-state index contributed by atoms with van der Waals surface area (Å²) in [7, 11) is 0. The number of aromatic amines is 1. The van der Waals surface area contributed by atoms with Gasteiger partial charge in [0.1, 0.15) is 17.4 Å². The zero-order valence-corrected chi connectivity index (χ0v) is 26.1. The Bertz CT molecular complexity index is 1740. The first-order valence-electron chi connectivity index (χ1n) is 15.1. The maximum absolute atomic E-state index is 14.0. The maximum atomic E-state index is 14.0. The number of esters is 1. The number of amides is 1. The Morgan fingerprint density at radius 1 is 1.02 bits per heavy atom. The molecule has 0 fully saturated rings. The van der Waals surface area contributed by atoms with Crippen molar-refractivity contribution in [2.24, 2.45) is 5.92 Å². The molecule has 1 amide bonds. The molecule has 2 N–H and O–H groups in total. The Balaban J connectivity index is 1.45. The number of ether oxygens (including phenoxy) is 2. The van der Waals surface area contributed by atoms with E-state index in [-0.39, 0.29) is 17.4 Å². The van der Waals surface area contributed by atoms with Crippen LogP contribution in [0.1, 0.15) is 71.1 Å². The number of nitrogens with one attached hydrogen (secondary N) is 2. The van der Waals surface area contributed by atoms with Crippen molar-refractivity contribution in [1.82, 2.24) is 19.9 Å². The van der Waals surface area contributed by atoms with E-state index in [9.17, 15) is 14.4 Å². The first-order valence-corrected chi connectivity index (χ1v) is 15.1. The molecule has 0 saturated heterocycles. The summed E-state index contributed by atoms with van der Waals surface area (Å²) < 4.78 is 12.5. The Labute approximate surface area is 257 Å². The number of nitrogens with zero attached hydrogens (tertiary/aromatic N) is 2. The molecule has 2 atom stereocenters. The summed E-state index contributed by atoms with van der Waals surface area (Å²) in [5.74, 6) is -0.295. The van der Waals surface area contributed by atoms with E-state index in [1.165, 1.54) is 0 Å². The smallest absolute Gasteiger partial charge is 0.408 e. The molecule has 230 valence electrons. The average molecular weight is 597 g/mol. The number of carbonyl (C=O) groups excluding carboxylic acids is 2. The number of hydrogen-bond acceptors (Lipinski definition) is 6. The normalized spacial score (nSPS) is 15.8. The second-order valence-corrected chi connectivity index (χ2v) is 12.6. The van der Waals surface area contributed by atoms with Gasteiger partial charge in [-0.2, -0.15) is 0 Å². The van der Waals surface area contributed by atoms with Gasteiger partial charge in [-0.1, -0.05) is 68.5 Å². The number of benzene rings is 2. The van der Waals surface area contributed by atoms with E-state index in [1.54, 1.807) is 49.6 Å². The molecular formula is C35H40N4O5. The maximum Gasteiger partial charge on any atom is 0.408 e. The van der Waals surface area contributed by atoms with Crippen molar-refractivity contribution in [3.63, 3.8) is 0 Å². The number of aromatic nitrogens is 3. The van der Waals surface area contributed by atoms with Gasteiger partial charge in [0, 0.05) is 5.56 Å². The fraction of sp³-hybridized carbons (Fsp3) is 0.371. The zero-order valence-electron chi connectivity index (χ0n) is 26.1. The van der Waals surface area contributed by atoms with Crippen LogP contribution in [0.5, 0.6) is 5.75 Å². The number of alkyl carbamates (subject to hydrolysis) is 1. The second-order valence-electron chi connectivity index (χ2n) is 12.6. The van der Waals surface area contributed by atoms with Gasteiger partial charge in [0.15, 0.2) is 5.65 Å². The van der Waals surface area contributed by atoms with Gasteiger partial charge in [-0.25, -0.2) is 19.1 Å². The molecule has 9 heteroatoms. The molecule has 0 radical (unpaired) electrons. The van der Waals surface area contributed by atoms with Gasteiger partial charge >= 0.3 is 12.1 Å². The lowest BCUT2D eigenvalue weighted by molar-refractivity contribution is -0.137. The van der Waals surface area contributed by atoms with Crippen LogP contribution in [-0.4, -0.2) is 38.3 Å². The lowest BCUT2D eigenvalue weighted by atomic mass is 9.86. The van der Waals surface area contributed by atoms with Crippen LogP contribution >= 0.6 is 0 Å². The van der Waals surface area contributed by atoms with E-state index < -0.39 is 23.7 Å². The topological polar surface area (TPSA) is 115 Å². The van der Waals surface area contributed by atoms with Gasteiger partial charge in [0.05, 0.1) is 17.0 Å². The molecule has 9 nitrogen and oxygen atoms in total. The molecule has 44 heavy (non-hydrogen) atoms. The molecular weight excluding hydrogens is 556 g/mol. The predicted molar refractivity (Wildman–Crippen MR) is 171 cm³/mol. The van der Waals surface area contributed by atoms with E-state index in [2.05, 4.69) is 22.6 Å². The Morgan fingerprint density at radius 3 is 2.34 bits per heavy atom. The highest BCUT2D eigenvalue weighted by molar-refractivity contribution is 5.83. The fourth-order valence-corrected chi connectivity index (χ4v) is 5.60. The second kappa shape index (κ2) is 12.5. The number of fused-ring (bicyclic) bond motifs is 1. The summed E-state index contributed by atoms with van der Waals surface area (Å²) >= 11 is 0. The number of allylic oxidation sites excluding steroid dienone is 2. The van der Waals surface area contributed by atoms with Gasteiger partial charge in [0.25, 0.3) is 5.56 Å². The van der Waals surface area contributed by atoms with Gasteiger partial charge in [-0.05, 0) is 82.1 Å². The van der Waals surface area contributed by atoms with Crippen LogP contribution in [0.15, 0.2) is 71.5 Å². The first-order chi connectivity index (χ1) is 20.9. The summed E-state index contributed by atoms with van der Waals surface area (Å²) in [6.07, 6.45) is 6.60. The summed E-state index contributed by atoms with van der Waals surface area (Å²) in [4.78, 5) is 44.2. The molecule has 5 rings (SSSR count). The molecule has 2 unspecified atom stereocenters. The average Bonchev–Trinajstić information content (AvgIpc) is 3.36. The van der Waals surface area contributed by atoms with Gasteiger partial charge < -0.3 is 14.8 Å². The monoisotopic (exact) mass is 596 g/mol.